The molecule has 0 saturated carbocycles. The lowest BCUT2D eigenvalue weighted by molar-refractivity contribution is -0.134. The highest BCUT2D eigenvalue weighted by Gasteiger charge is 2.25. The highest BCUT2D eigenvalue weighted by Crippen LogP contribution is 2.13. The molecule has 6 nitrogen and oxygen atoms in total. The number of rotatable bonds is 8. The van der Waals surface area contributed by atoms with Gasteiger partial charge in [0.15, 0.2) is 5.78 Å². The van der Waals surface area contributed by atoms with Crippen LogP contribution >= 0.6 is 0 Å². The summed E-state index contributed by atoms with van der Waals surface area (Å²) in [6.07, 6.45) is 4.82. The van der Waals surface area contributed by atoms with Crippen molar-refractivity contribution in [2.45, 2.75) is 45.4 Å². The number of likely N-dealkylation sites (tertiary alicyclic amines) is 1. The first-order chi connectivity index (χ1) is 14.1. The monoisotopic (exact) mass is 399 g/mol. The Balaban J connectivity index is 1.38. The zero-order valence-corrected chi connectivity index (χ0v) is 17.6. The van der Waals surface area contributed by atoms with E-state index in [1.807, 2.05) is 34.1 Å². The van der Waals surface area contributed by atoms with Gasteiger partial charge < -0.3 is 9.80 Å². The molecule has 2 saturated heterocycles. The molecule has 1 aromatic carbocycles. The van der Waals surface area contributed by atoms with Gasteiger partial charge in [-0.05, 0) is 24.8 Å². The third-order valence-electron chi connectivity index (χ3n) is 5.92. The summed E-state index contributed by atoms with van der Waals surface area (Å²) < 4.78 is 0. The van der Waals surface area contributed by atoms with Crippen LogP contribution in [-0.2, 0) is 16.0 Å². The van der Waals surface area contributed by atoms with Gasteiger partial charge in [-0.15, -0.1) is 0 Å². The smallest absolute Gasteiger partial charge is 0.236 e. The Morgan fingerprint density at radius 1 is 0.793 bits per heavy atom. The van der Waals surface area contributed by atoms with Gasteiger partial charge in [-0.25, -0.2) is 0 Å². The van der Waals surface area contributed by atoms with Gasteiger partial charge in [-0.3, -0.25) is 19.3 Å². The molecular weight excluding hydrogens is 366 g/mol. The van der Waals surface area contributed by atoms with Crippen molar-refractivity contribution in [1.82, 2.24) is 14.7 Å². The number of amides is 2. The van der Waals surface area contributed by atoms with Crippen LogP contribution < -0.4 is 0 Å². The van der Waals surface area contributed by atoms with Crippen LogP contribution in [0.1, 0.15) is 54.9 Å². The molecule has 6 heteroatoms. The van der Waals surface area contributed by atoms with Gasteiger partial charge in [-0.2, -0.15) is 0 Å². The fraction of sp³-hybridized carbons (Fsp3) is 0.609. The van der Waals surface area contributed by atoms with E-state index in [1.165, 1.54) is 5.56 Å². The van der Waals surface area contributed by atoms with Crippen molar-refractivity contribution in [3.05, 3.63) is 35.4 Å². The van der Waals surface area contributed by atoms with Crippen molar-refractivity contribution < 1.29 is 14.4 Å². The lowest BCUT2D eigenvalue weighted by Crippen LogP contribution is -2.51. The van der Waals surface area contributed by atoms with Gasteiger partial charge in [0, 0.05) is 57.7 Å². The van der Waals surface area contributed by atoms with Gasteiger partial charge in [0.2, 0.25) is 11.8 Å². The Kier molecular flexibility index (Phi) is 7.81. The summed E-state index contributed by atoms with van der Waals surface area (Å²) in [7, 11) is 0. The summed E-state index contributed by atoms with van der Waals surface area (Å²) >= 11 is 0. The first-order valence-electron chi connectivity index (χ1n) is 11.0. The van der Waals surface area contributed by atoms with E-state index in [0.29, 0.717) is 25.2 Å². The van der Waals surface area contributed by atoms with Crippen LogP contribution in [0.4, 0.5) is 0 Å². The molecule has 1 aromatic rings. The van der Waals surface area contributed by atoms with E-state index in [9.17, 15) is 14.4 Å². The Morgan fingerprint density at radius 3 is 2.03 bits per heavy atom. The summed E-state index contributed by atoms with van der Waals surface area (Å²) in [6, 6.07) is 7.74. The van der Waals surface area contributed by atoms with Crippen molar-refractivity contribution in [2.24, 2.45) is 0 Å². The molecule has 2 amide bonds. The first kappa shape index (κ1) is 21.5. The van der Waals surface area contributed by atoms with E-state index in [2.05, 4.69) is 11.8 Å². The van der Waals surface area contributed by atoms with E-state index in [4.69, 9.17) is 0 Å². The maximum Gasteiger partial charge on any atom is 0.236 e. The number of piperazine rings is 1. The van der Waals surface area contributed by atoms with Crippen molar-refractivity contribution in [1.29, 1.82) is 0 Å². The minimum atomic E-state index is 0.0243. The van der Waals surface area contributed by atoms with Gasteiger partial charge >= 0.3 is 0 Å². The molecule has 3 rings (SSSR count). The Hall–Kier alpha value is -2.21. The summed E-state index contributed by atoms with van der Waals surface area (Å²) in [5.74, 6) is 0.264. The van der Waals surface area contributed by atoms with Crippen LogP contribution in [-0.4, -0.2) is 78.1 Å². The molecule has 0 aromatic heterocycles. The second-order valence-corrected chi connectivity index (χ2v) is 8.11. The Bertz CT molecular complexity index is 703. The molecule has 2 fully saturated rings. The lowest BCUT2D eigenvalue weighted by Gasteiger charge is -2.35. The van der Waals surface area contributed by atoms with E-state index in [-0.39, 0.29) is 30.4 Å². The summed E-state index contributed by atoms with van der Waals surface area (Å²) in [4.78, 5) is 43.0. The van der Waals surface area contributed by atoms with Gasteiger partial charge in [0.1, 0.15) is 0 Å². The maximum atomic E-state index is 12.5. The van der Waals surface area contributed by atoms with Crippen LogP contribution in [0.15, 0.2) is 24.3 Å². The van der Waals surface area contributed by atoms with Crippen molar-refractivity contribution in [3.63, 3.8) is 0 Å². The number of benzene rings is 1. The Labute approximate surface area is 173 Å². The summed E-state index contributed by atoms with van der Waals surface area (Å²) in [5, 5.41) is 0. The highest BCUT2D eigenvalue weighted by atomic mass is 16.2. The minimum absolute atomic E-state index is 0.0243. The SMILES string of the molecule is CCCc1ccc(C(=O)CCC(=O)N2CCN(CC(=O)N3CCCC3)CC2)cc1. The molecule has 2 aliphatic heterocycles. The molecule has 2 heterocycles. The fourth-order valence-corrected chi connectivity index (χ4v) is 4.08. The number of Topliss-reactive ketones (excluding diaryl/α,β-unsaturated/α-hetero) is 1. The molecule has 158 valence electrons. The van der Waals surface area contributed by atoms with Crippen LogP contribution in [0.25, 0.3) is 0 Å². The molecule has 0 spiro atoms. The van der Waals surface area contributed by atoms with Gasteiger partial charge in [0.05, 0.1) is 6.54 Å². The summed E-state index contributed by atoms with van der Waals surface area (Å²) in [5.41, 5.74) is 1.92. The molecule has 0 unspecified atom stereocenters. The van der Waals surface area contributed by atoms with E-state index < -0.39 is 0 Å². The summed E-state index contributed by atoms with van der Waals surface area (Å²) in [6.45, 7) is 7.05. The standard InChI is InChI=1S/C23H33N3O3/c1-2-5-19-6-8-20(9-7-19)21(27)10-11-22(28)26-16-14-24(15-17-26)18-23(29)25-12-3-4-13-25/h6-9H,2-5,10-18H2,1H3. The minimum Gasteiger partial charge on any atom is -0.342 e. The molecule has 0 atom stereocenters. The molecule has 0 radical (unpaired) electrons. The maximum absolute atomic E-state index is 12.5. The third kappa shape index (κ3) is 6.13. The van der Waals surface area contributed by atoms with Crippen molar-refractivity contribution >= 4 is 17.6 Å². The van der Waals surface area contributed by atoms with E-state index >= 15 is 0 Å². The van der Waals surface area contributed by atoms with Crippen LogP contribution in [0.5, 0.6) is 0 Å². The lowest BCUT2D eigenvalue weighted by atomic mass is 10.0. The molecule has 29 heavy (non-hydrogen) atoms. The van der Waals surface area contributed by atoms with Crippen molar-refractivity contribution in [3.8, 4) is 0 Å². The zero-order valence-electron chi connectivity index (χ0n) is 17.6. The first-order valence-corrected chi connectivity index (χ1v) is 11.0. The quantitative estimate of drug-likeness (QED) is 0.630. The number of carbonyl (C=O) groups is 3. The Morgan fingerprint density at radius 2 is 1.41 bits per heavy atom. The fourth-order valence-electron chi connectivity index (χ4n) is 4.08. The molecule has 0 aliphatic carbocycles. The van der Waals surface area contributed by atoms with Crippen LogP contribution in [0.2, 0.25) is 0 Å². The number of aryl methyl sites for hydroxylation is 1. The number of hydrogen-bond donors (Lipinski definition) is 0. The number of ketones is 1. The normalized spacial score (nSPS) is 17.6. The van der Waals surface area contributed by atoms with Gasteiger partial charge in [0.25, 0.3) is 0 Å². The topological polar surface area (TPSA) is 60.9 Å². The molecule has 0 N–H and O–H groups in total. The van der Waals surface area contributed by atoms with Gasteiger partial charge in [-0.1, -0.05) is 37.6 Å². The second-order valence-electron chi connectivity index (χ2n) is 8.11. The average Bonchev–Trinajstić information content (AvgIpc) is 3.28. The molecular formula is C23H33N3O3. The second kappa shape index (κ2) is 10.5. The predicted octanol–water partition coefficient (Wildman–Crippen LogP) is 2.37. The molecule has 0 bridgehead atoms. The average molecular weight is 400 g/mol. The predicted molar refractivity (Wildman–Crippen MR) is 113 cm³/mol. The number of nitrogens with zero attached hydrogens (tertiary/aromatic N) is 3. The molecule has 2 aliphatic rings. The number of carbonyl (C=O) groups excluding carboxylic acids is 3. The highest BCUT2D eigenvalue weighted by molar-refractivity contribution is 5.98. The largest absolute Gasteiger partial charge is 0.342 e. The zero-order chi connectivity index (χ0) is 20.6. The van der Waals surface area contributed by atoms with Crippen LogP contribution in [0.3, 0.4) is 0 Å². The van der Waals surface area contributed by atoms with E-state index in [1.54, 1.807) is 0 Å². The van der Waals surface area contributed by atoms with Crippen molar-refractivity contribution in [2.75, 3.05) is 45.8 Å². The van der Waals surface area contributed by atoms with E-state index in [0.717, 1.165) is 51.9 Å². The number of hydrogen-bond acceptors (Lipinski definition) is 4. The third-order valence-corrected chi connectivity index (χ3v) is 5.92. The van der Waals surface area contributed by atoms with Crippen LogP contribution in [0, 0.1) is 0 Å².